The second-order valence-electron chi connectivity index (χ2n) is 5.18. The summed E-state index contributed by atoms with van der Waals surface area (Å²) in [7, 11) is 0. The molecule has 0 aliphatic heterocycles. The van der Waals surface area contributed by atoms with Crippen LogP contribution in [0.25, 0.3) is 0 Å². The lowest BCUT2D eigenvalue weighted by molar-refractivity contribution is 0.123. The first-order chi connectivity index (χ1) is 7.99. The molecule has 0 aliphatic carbocycles. The van der Waals surface area contributed by atoms with Crippen molar-refractivity contribution in [2.45, 2.75) is 47.0 Å². The molecule has 0 bridgehead atoms. The number of aliphatic hydroxyl groups is 1. The van der Waals surface area contributed by atoms with E-state index >= 15 is 0 Å². The van der Waals surface area contributed by atoms with Crippen LogP contribution in [-0.2, 0) is 0 Å². The fourth-order valence-corrected chi connectivity index (χ4v) is 1.54. The predicted octanol–water partition coefficient (Wildman–Crippen LogP) is 1.74. The summed E-state index contributed by atoms with van der Waals surface area (Å²) in [5, 5.41) is 12.5. The maximum absolute atomic E-state index is 9.41. The molecule has 0 spiro atoms. The fraction of sp³-hybridized carbons (Fsp3) is 0.923. The lowest BCUT2D eigenvalue weighted by atomic mass is 9.83. The Morgan fingerprint density at radius 1 is 1.35 bits per heavy atom. The van der Waals surface area contributed by atoms with Gasteiger partial charge in [0.2, 0.25) is 0 Å². The van der Waals surface area contributed by atoms with Crippen LogP contribution in [0, 0.1) is 11.3 Å². The van der Waals surface area contributed by atoms with E-state index in [0.29, 0.717) is 18.4 Å². The largest absolute Gasteiger partial charge is 0.396 e. The summed E-state index contributed by atoms with van der Waals surface area (Å²) in [6, 6.07) is 0. The standard InChI is InChI=1S/C13H29N3O/c1-5-13(6-2,10-17)9-16-12(14)15-8-7-11(3)4/h11,17H,5-10H2,1-4H3,(H3,14,15,16). The highest BCUT2D eigenvalue weighted by Gasteiger charge is 2.24. The number of guanidine groups is 1. The molecule has 0 radical (unpaired) electrons. The van der Waals surface area contributed by atoms with Crippen LogP contribution >= 0.6 is 0 Å². The SMILES string of the molecule is CCC(CC)(CO)CN=C(N)NCCC(C)C. The van der Waals surface area contributed by atoms with Crippen LogP contribution < -0.4 is 11.1 Å². The molecule has 4 N–H and O–H groups in total. The molecule has 0 aromatic heterocycles. The van der Waals surface area contributed by atoms with Gasteiger partial charge >= 0.3 is 0 Å². The molecule has 0 fully saturated rings. The molecule has 0 saturated heterocycles. The summed E-state index contributed by atoms with van der Waals surface area (Å²) in [5.41, 5.74) is 5.68. The monoisotopic (exact) mass is 243 g/mol. The van der Waals surface area contributed by atoms with Gasteiger partial charge in [-0.15, -0.1) is 0 Å². The molecule has 4 heteroatoms. The molecular weight excluding hydrogens is 214 g/mol. The number of nitrogens with zero attached hydrogens (tertiary/aromatic N) is 1. The molecule has 0 saturated carbocycles. The lowest BCUT2D eigenvalue weighted by Crippen LogP contribution is -2.35. The van der Waals surface area contributed by atoms with Crippen molar-refractivity contribution in [3.05, 3.63) is 0 Å². The van der Waals surface area contributed by atoms with E-state index in [1.165, 1.54) is 0 Å². The van der Waals surface area contributed by atoms with E-state index in [1.807, 2.05) is 0 Å². The van der Waals surface area contributed by atoms with Crippen LogP contribution in [0.15, 0.2) is 4.99 Å². The highest BCUT2D eigenvalue weighted by molar-refractivity contribution is 5.77. The second kappa shape index (κ2) is 8.34. The van der Waals surface area contributed by atoms with Gasteiger partial charge in [0.05, 0.1) is 13.2 Å². The van der Waals surface area contributed by atoms with E-state index in [9.17, 15) is 5.11 Å². The molecule has 17 heavy (non-hydrogen) atoms. The normalized spacial score (nSPS) is 13.2. The first kappa shape index (κ1) is 16.2. The third kappa shape index (κ3) is 6.51. The van der Waals surface area contributed by atoms with Crippen molar-refractivity contribution in [2.24, 2.45) is 22.1 Å². The van der Waals surface area contributed by atoms with Gasteiger partial charge in [-0.05, 0) is 25.2 Å². The Bertz CT molecular complexity index is 214. The lowest BCUT2D eigenvalue weighted by Gasteiger charge is -2.27. The van der Waals surface area contributed by atoms with Gasteiger partial charge in [-0.2, -0.15) is 0 Å². The van der Waals surface area contributed by atoms with Crippen molar-refractivity contribution in [1.29, 1.82) is 0 Å². The summed E-state index contributed by atoms with van der Waals surface area (Å²) < 4.78 is 0. The molecule has 0 aliphatic rings. The van der Waals surface area contributed by atoms with Gasteiger partial charge in [-0.3, -0.25) is 4.99 Å². The van der Waals surface area contributed by atoms with E-state index in [-0.39, 0.29) is 12.0 Å². The topological polar surface area (TPSA) is 70.6 Å². The molecule has 0 rings (SSSR count). The zero-order valence-electron chi connectivity index (χ0n) is 11.8. The Balaban J connectivity index is 4.11. The number of rotatable bonds is 8. The minimum atomic E-state index is -0.107. The molecule has 0 unspecified atom stereocenters. The summed E-state index contributed by atoms with van der Waals surface area (Å²) in [5.74, 6) is 1.16. The Labute approximate surface area is 106 Å². The number of nitrogens with one attached hydrogen (secondary N) is 1. The molecule has 102 valence electrons. The van der Waals surface area contributed by atoms with Crippen molar-refractivity contribution in [1.82, 2.24) is 5.32 Å². The van der Waals surface area contributed by atoms with Gasteiger partial charge < -0.3 is 16.2 Å². The summed E-state index contributed by atoms with van der Waals surface area (Å²) in [6.45, 7) is 10.1. The Morgan fingerprint density at radius 2 is 1.94 bits per heavy atom. The van der Waals surface area contributed by atoms with Gasteiger partial charge in [-0.1, -0.05) is 27.7 Å². The second-order valence-corrected chi connectivity index (χ2v) is 5.18. The molecule has 4 nitrogen and oxygen atoms in total. The van der Waals surface area contributed by atoms with Crippen LogP contribution in [0.1, 0.15) is 47.0 Å². The van der Waals surface area contributed by atoms with Crippen LogP contribution in [-0.4, -0.2) is 30.8 Å². The summed E-state index contributed by atoms with van der Waals surface area (Å²) >= 11 is 0. The molecule has 0 atom stereocenters. The molecule has 0 aromatic carbocycles. The summed E-state index contributed by atoms with van der Waals surface area (Å²) in [4.78, 5) is 4.33. The maximum Gasteiger partial charge on any atom is 0.188 e. The Morgan fingerprint density at radius 3 is 2.35 bits per heavy atom. The first-order valence-electron chi connectivity index (χ1n) is 6.64. The Hall–Kier alpha value is -0.770. The van der Waals surface area contributed by atoms with E-state index in [1.54, 1.807) is 0 Å². The number of hydrogen-bond donors (Lipinski definition) is 3. The van der Waals surface area contributed by atoms with Crippen molar-refractivity contribution in [2.75, 3.05) is 19.7 Å². The van der Waals surface area contributed by atoms with Crippen LogP contribution in [0.2, 0.25) is 0 Å². The molecule has 0 heterocycles. The highest BCUT2D eigenvalue weighted by atomic mass is 16.3. The fourth-order valence-electron chi connectivity index (χ4n) is 1.54. The van der Waals surface area contributed by atoms with E-state index in [0.717, 1.165) is 25.8 Å². The Kier molecular flexibility index (Phi) is 7.96. The minimum absolute atomic E-state index is 0.107. The van der Waals surface area contributed by atoms with Gasteiger partial charge in [0, 0.05) is 12.0 Å². The number of nitrogens with two attached hydrogens (primary N) is 1. The van der Waals surface area contributed by atoms with Crippen molar-refractivity contribution in [3.8, 4) is 0 Å². The van der Waals surface area contributed by atoms with Gasteiger partial charge in [0.25, 0.3) is 0 Å². The average molecular weight is 243 g/mol. The number of aliphatic hydroxyl groups excluding tert-OH is 1. The van der Waals surface area contributed by atoms with E-state index in [2.05, 4.69) is 38.0 Å². The van der Waals surface area contributed by atoms with Crippen LogP contribution in [0.5, 0.6) is 0 Å². The first-order valence-corrected chi connectivity index (χ1v) is 6.64. The summed E-state index contributed by atoms with van der Waals surface area (Å²) in [6.07, 6.45) is 2.93. The number of aliphatic imine (C=N–C) groups is 1. The number of hydrogen-bond acceptors (Lipinski definition) is 2. The van der Waals surface area contributed by atoms with Crippen molar-refractivity contribution >= 4 is 5.96 Å². The quantitative estimate of drug-likeness (QED) is 0.449. The minimum Gasteiger partial charge on any atom is -0.396 e. The van der Waals surface area contributed by atoms with E-state index in [4.69, 9.17) is 5.73 Å². The zero-order chi connectivity index (χ0) is 13.3. The van der Waals surface area contributed by atoms with Crippen molar-refractivity contribution < 1.29 is 5.11 Å². The molecule has 0 aromatic rings. The average Bonchev–Trinajstić information content (AvgIpc) is 2.31. The maximum atomic E-state index is 9.41. The molecule has 0 amide bonds. The molecular formula is C13H29N3O. The smallest absolute Gasteiger partial charge is 0.188 e. The predicted molar refractivity (Wildman–Crippen MR) is 74.0 cm³/mol. The zero-order valence-corrected chi connectivity index (χ0v) is 11.8. The van der Waals surface area contributed by atoms with Crippen LogP contribution in [0.3, 0.4) is 0 Å². The van der Waals surface area contributed by atoms with Gasteiger partial charge in [0.1, 0.15) is 0 Å². The van der Waals surface area contributed by atoms with E-state index < -0.39 is 0 Å². The van der Waals surface area contributed by atoms with Crippen LogP contribution in [0.4, 0.5) is 0 Å². The highest BCUT2D eigenvalue weighted by Crippen LogP contribution is 2.25. The third-order valence-electron chi connectivity index (χ3n) is 3.45. The van der Waals surface area contributed by atoms with Gasteiger partial charge in [-0.25, -0.2) is 0 Å². The van der Waals surface area contributed by atoms with Crippen molar-refractivity contribution in [3.63, 3.8) is 0 Å². The third-order valence-corrected chi connectivity index (χ3v) is 3.45. The van der Waals surface area contributed by atoms with Gasteiger partial charge in [0.15, 0.2) is 5.96 Å².